The fourth-order valence-electron chi connectivity index (χ4n) is 1.09. The second-order valence-corrected chi connectivity index (χ2v) is 3.15. The molecule has 0 saturated carbocycles. The molecule has 1 aliphatic rings. The summed E-state index contributed by atoms with van der Waals surface area (Å²) < 4.78 is 0. The molecule has 1 aliphatic heterocycles. The van der Waals surface area contributed by atoms with E-state index in [1.807, 2.05) is 20.2 Å². The Kier molecular flexibility index (Phi) is 2.76. The Hall–Kier alpha value is -0.700. The van der Waals surface area contributed by atoms with Crippen molar-refractivity contribution in [2.45, 2.75) is 19.4 Å². The SMILES string of the molecule is CC(O)CCN1C=CN(C)C1. The van der Waals surface area contributed by atoms with Crippen molar-refractivity contribution in [3.8, 4) is 0 Å². The summed E-state index contributed by atoms with van der Waals surface area (Å²) in [6.45, 7) is 3.72. The van der Waals surface area contributed by atoms with Gasteiger partial charge in [0.1, 0.15) is 0 Å². The van der Waals surface area contributed by atoms with E-state index in [0.29, 0.717) is 0 Å². The first-order valence-electron chi connectivity index (χ1n) is 3.99. The number of aliphatic hydroxyl groups excluding tert-OH is 1. The third-order valence-electron chi connectivity index (χ3n) is 1.77. The zero-order valence-corrected chi connectivity index (χ0v) is 7.20. The number of nitrogens with zero attached hydrogens (tertiary/aromatic N) is 2. The van der Waals surface area contributed by atoms with Crippen molar-refractivity contribution >= 4 is 0 Å². The largest absolute Gasteiger partial charge is 0.393 e. The van der Waals surface area contributed by atoms with E-state index in [-0.39, 0.29) is 6.10 Å². The van der Waals surface area contributed by atoms with Gasteiger partial charge in [0, 0.05) is 26.0 Å². The van der Waals surface area contributed by atoms with E-state index < -0.39 is 0 Å². The number of aliphatic hydroxyl groups is 1. The number of hydrogen-bond donors (Lipinski definition) is 1. The van der Waals surface area contributed by atoms with Crippen molar-refractivity contribution in [3.05, 3.63) is 12.4 Å². The van der Waals surface area contributed by atoms with E-state index in [2.05, 4.69) is 16.0 Å². The zero-order chi connectivity index (χ0) is 8.27. The molecule has 1 N–H and O–H groups in total. The minimum atomic E-state index is -0.186. The molecule has 1 atom stereocenters. The van der Waals surface area contributed by atoms with E-state index >= 15 is 0 Å². The zero-order valence-electron chi connectivity index (χ0n) is 7.20. The van der Waals surface area contributed by atoms with E-state index in [0.717, 1.165) is 19.6 Å². The summed E-state index contributed by atoms with van der Waals surface area (Å²) in [5.74, 6) is 0. The van der Waals surface area contributed by atoms with Gasteiger partial charge in [-0.1, -0.05) is 0 Å². The average molecular weight is 156 g/mol. The van der Waals surface area contributed by atoms with Crippen LogP contribution in [0.2, 0.25) is 0 Å². The van der Waals surface area contributed by atoms with Crippen LogP contribution in [0.4, 0.5) is 0 Å². The van der Waals surface area contributed by atoms with E-state index in [9.17, 15) is 0 Å². The Morgan fingerprint density at radius 2 is 2.27 bits per heavy atom. The van der Waals surface area contributed by atoms with Crippen molar-refractivity contribution < 1.29 is 5.11 Å². The summed E-state index contributed by atoms with van der Waals surface area (Å²) in [4.78, 5) is 4.30. The predicted molar refractivity (Wildman–Crippen MR) is 44.8 cm³/mol. The van der Waals surface area contributed by atoms with Crippen molar-refractivity contribution in [2.24, 2.45) is 0 Å². The molecular formula is C8H16N2O. The summed E-state index contributed by atoms with van der Waals surface area (Å²) >= 11 is 0. The molecule has 0 bridgehead atoms. The Bertz CT molecular complexity index is 145. The monoisotopic (exact) mass is 156 g/mol. The maximum absolute atomic E-state index is 9.01. The molecule has 3 heteroatoms. The predicted octanol–water partition coefficient (Wildman–Crippen LogP) is 0.433. The van der Waals surface area contributed by atoms with Crippen LogP contribution in [0.3, 0.4) is 0 Å². The van der Waals surface area contributed by atoms with Gasteiger partial charge in [-0.15, -0.1) is 0 Å². The first-order chi connectivity index (χ1) is 5.18. The van der Waals surface area contributed by atoms with Gasteiger partial charge in [0.05, 0.1) is 12.8 Å². The highest BCUT2D eigenvalue weighted by Crippen LogP contribution is 2.04. The molecule has 11 heavy (non-hydrogen) atoms. The Balaban J connectivity index is 2.14. The highest BCUT2D eigenvalue weighted by Gasteiger charge is 2.08. The van der Waals surface area contributed by atoms with Crippen molar-refractivity contribution in [3.63, 3.8) is 0 Å². The standard InChI is InChI=1S/C8H16N2O/c1-8(11)3-4-10-6-5-9(2)7-10/h5-6,8,11H,3-4,7H2,1-2H3. The minimum absolute atomic E-state index is 0.186. The number of rotatable bonds is 3. The Morgan fingerprint density at radius 1 is 1.55 bits per heavy atom. The van der Waals surface area contributed by atoms with Crippen LogP contribution in [0.5, 0.6) is 0 Å². The molecule has 0 aromatic carbocycles. The van der Waals surface area contributed by atoms with Gasteiger partial charge in [-0.3, -0.25) is 0 Å². The highest BCUT2D eigenvalue weighted by atomic mass is 16.3. The second-order valence-electron chi connectivity index (χ2n) is 3.15. The molecule has 0 aromatic rings. The number of hydrogen-bond acceptors (Lipinski definition) is 3. The molecule has 0 saturated heterocycles. The van der Waals surface area contributed by atoms with Crippen LogP contribution in [0.1, 0.15) is 13.3 Å². The average Bonchev–Trinajstić information content (AvgIpc) is 2.31. The summed E-state index contributed by atoms with van der Waals surface area (Å²) in [7, 11) is 2.04. The second kappa shape index (κ2) is 3.62. The molecule has 0 radical (unpaired) electrons. The van der Waals surface area contributed by atoms with Crippen molar-refractivity contribution in [2.75, 3.05) is 20.3 Å². The van der Waals surface area contributed by atoms with Crippen molar-refractivity contribution in [1.29, 1.82) is 0 Å². The van der Waals surface area contributed by atoms with Gasteiger partial charge in [0.25, 0.3) is 0 Å². The lowest BCUT2D eigenvalue weighted by atomic mass is 10.3. The molecular weight excluding hydrogens is 140 g/mol. The van der Waals surface area contributed by atoms with Crippen LogP contribution in [-0.2, 0) is 0 Å². The molecule has 1 unspecified atom stereocenters. The Morgan fingerprint density at radius 3 is 2.73 bits per heavy atom. The van der Waals surface area contributed by atoms with E-state index in [1.165, 1.54) is 0 Å². The lowest BCUT2D eigenvalue weighted by Crippen LogP contribution is -2.25. The molecule has 0 amide bonds. The van der Waals surface area contributed by atoms with Crippen LogP contribution in [-0.4, -0.2) is 41.3 Å². The third-order valence-corrected chi connectivity index (χ3v) is 1.77. The molecule has 0 spiro atoms. The van der Waals surface area contributed by atoms with Crippen LogP contribution in [0.25, 0.3) is 0 Å². The molecule has 1 rings (SSSR count). The fourth-order valence-corrected chi connectivity index (χ4v) is 1.09. The van der Waals surface area contributed by atoms with Gasteiger partial charge in [-0.2, -0.15) is 0 Å². The first-order valence-corrected chi connectivity index (χ1v) is 3.99. The Labute approximate surface area is 67.9 Å². The smallest absolute Gasteiger partial charge is 0.0890 e. The maximum atomic E-state index is 9.01. The fraction of sp³-hybridized carbons (Fsp3) is 0.750. The molecule has 0 fully saturated rings. The van der Waals surface area contributed by atoms with E-state index in [1.54, 1.807) is 0 Å². The molecule has 1 heterocycles. The summed E-state index contributed by atoms with van der Waals surface area (Å²) in [6.07, 6.45) is 4.76. The quantitative estimate of drug-likeness (QED) is 0.642. The van der Waals surface area contributed by atoms with Gasteiger partial charge in [-0.25, -0.2) is 0 Å². The van der Waals surface area contributed by atoms with Crippen LogP contribution in [0, 0.1) is 0 Å². The van der Waals surface area contributed by atoms with Crippen LogP contribution >= 0.6 is 0 Å². The van der Waals surface area contributed by atoms with Gasteiger partial charge in [0.2, 0.25) is 0 Å². The highest BCUT2D eigenvalue weighted by molar-refractivity contribution is 4.88. The van der Waals surface area contributed by atoms with Gasteiger partial charge < -0.3 is 14.9 Å². The van der Waals surface area contributed by atoms with Gasteiger partial charge >= 0.3 is 0 Å². The normalized spacial score (nSPS) is 19.5. The summed E-state index contributed by atoms with van der Waals surface area (Å²) in [5.41, 5.74) is 0. The van der Waals surface area contributed by atoms with Gasteiger partial charge in [0.15, 0.2) is 0 Å². The van der Waals surface area contributed by atoms with Crippen molar-refractivity contribution in [1.82, 2.24) is 9.80 Å². The summed E-state index contributed by atoms with van der Waals surface area (Å²) in [6, 6.07) is 0. The summed E-state index contributed by atoms with van der Waals surface area (Å²) in [5, 5.41) is 9.01. The third kappa shape index (κ3) is 2.80. The minimum Gasteiger partial charge on any atom is -0.393 e. The van der Waals surface area contributed by atoms with Crippen LogP contribution < -0.4 is 0 Å². The maximum Gasteiger partial charge on any atom is 0.0890 e. The molecule has 0 aliphatic carbocycles. The first kappa shape index (κ1) is 8.40. The topological polar surface area (TPSA) is 26.7 Å². The lowest BCUT2D eigenvalue weighted by molar-refractivity contribution is 0.164. The van der Waals surface area contributed by atoms with Gasteiger partial charge in [-0.05, 0) is 13.3 Å². The molecule has 0 aromatic heterocycles. The van der Waals surface area contributed by atoms with Crippen LogP contribution in [0.15, 0.2) is 12.4 Å². The molecule has 64 valence electrons. The van der Waals surface area contributed by atoms with E-state index in [4.69, 9.17) is 5.11 Å². The lowest BCUT2D eigenvalue weighted by Gasteiger charge is -2.18. The molecule has 3 nitrogen and oxygen atoms in total.